The lowest BCUT2D eigenvalue weighted by molar-refractivity contribution is 1.49. The van der Waals surface area contributed by atoms with Crippen molar-refractivity contribution in [2.75, 3.05) is 0 Å². The number of hydrogen-bond donors (Lipinski definition) is 0. The number of alkyl halides is 1. The van der Waals surface area contributed by atoms with Crippen molar-refractivity contribution in [3.05, 3.63) is 31.1 Å². The molecule has 0 aliphatic carbocycles. The van der Waals surface area contributed by atoms with Crippen molar-refractivity contribution in [3.63, 3.8) is 0 Å². The number of fused-ring (bicyclic) bond motifs is 1. The van der Waals surface area contributed by atoms with Crippen molar-refractivity contribution < 1.29 is 0 Å². The van der Waals surface area contributed by atoms with Gasteiger partial charge in [-0.25, -0.2) is 0 Å². The molecular formula is C9H5BrClIS. The second-order valence-electron chi connectivity index (χ2n) is 2.66. The van der Waals surface area contributed by atoms with E-state index >= 15 is 0 Å². The van der Waals surface area contributed by atoms with Crippen molar-refractivity contribution in [1.82, 2.24) is 0 Å². The smallest absolute Gasteiger partial charge is 0.0488 e. The zero-order valence-electron chi connectivity index (χ0n) is 6.48. The number of benzene rings is 1. The largest absolute Gasteiger partial charge is 0.142 e. The monoisotopic (exact) mass is 386 g/mol. The van der Waals surface area contributed by atoms with Crippen LogP contribution in [0.1, 0.15) is 5.56 Å². The van der Waals surface area contributed by atoms with Gasteiger partial charge in [0.25, 0.3) is 0 Å². The molecule has 1 heterocycles. The van der Waals surface area contributed by atoms with E-state index in [2.05, 4.69) is 56.0 Å². The first-order valence-electron chi connectivity index (χ1n) is 3.63. The van der Waals surface area contributed by atoms with Crippen molar-refractivity contribution in [1.29, 1.82) is 0 Å². The molecule has 0 aliphatic heterocycles. The summed E-state index contributed by atoms with van der Waals surface area (Å²) in [6.45, 7) is 0. The molecule has 2 rings (SSSR count). The van der Waals surface area contributed by atoms with Crippen LogP contribution in [0.25, 0.3) is 10.1 Å². The molecule has 68 valence electrons. The number of halogens is 3. The van der Waals surface area contributed by atoms with Gasteiger partial charge in [-0.15, -0.1) is 22.9 Å². The van der Waals surface area contributed by atoms with Crippen LogP contribution in [0.5, 0.6) is 0 Å². The van der Waals surface area contributed by atoms with Gasteiger partial charge < -0.3 is 0 Å². The quantitative estimate of drug-likeness (QED) is 0.477. The van der Waals surface area contributed by atoms with Crippen molar-refractivity contribution in [3.8, 4) is 0 Å². The summed E-state index contributed by atoms with van der Waals surface area (Å²) in [7, 11) is 0. The van der Waals surface area contributed by atoms with Crippen molar-refractivity contribution in [2.45, 2.75) is 5.88 Å². The number of rotatable bonds is 1. The molecule has 0 bridgehead atoms. The van der Waals surface area contributed by atoms with Crippen molar-refractivity contribution in [2.24, 2.45) is 0 Å². The van der Waals surface area contributed by atoms with Crippen LogP contribution in [0.2, 0.25) is 0 Å². The highest BCUT2D eigenvalue weighted by Gasteiger charge is 2.06. The average molecular weight is 387 g/mol. The maximum absolute atomic E-state index is 5.84. The minimum atomic E-state index is 0.590. The van der Waals surface area contributed by atoms with Crippen molar-refractivity contribution >= 4 is 71.5 Å². The van der Waals surface area contributed by atoms with E-state index in [1.165, 1.54) is 19.2 Å². The Hall–Kier alpha value is 0.680. The highest BCUT2D eigenvalue weighted by atomic mass is 127. The summed E-state index contributed by atoms with van der Waals surface area (Å²) in [6.07, 6.45) is 0. The van der Waals surface area contributed by atoms with E-state index in [4.69, 9.17) is 11.6 Å². The molecule has 0 amide bonds. The Morgan fingerprint density at radius 1 is 1.46 bits per heavy atom. The molecular weight excluding hydrogens is 382 g/mol. The van der Waals surface area contributed by atoms with Gasteiger partial charge in [0.1, 0.15) is 0 Å². The lowest BCUT2D eigenvalue weighted by Gasteiger charge is -1.97. The molecule has 0 atom stereocenters. The van der Waals surface area contributed by atoms with Gasteiger partial charge in [-0.1, -0.05) is 15.9 Å². The van der Waals surface area contributed by atoms with Crippen LogP contribution in [-0.2, 0) is 5.88 Å². The molecule has 0 nitrogen and oxygen atoms in total. The van der Waals surface area contributed by atoms with Crippen LogP contribution < -0.4 is 0 Å². The molecule has 0 aliphatic rings. The molecule has 4 heteroatoms. The van der Waals surface area contributed by atoms with Crippen LogP contribution >= 0.6 is 61.5 Å². The van der Waals surface area contributed by atoms with Gasteiger partial charge in [0.15, 0.2) is 0 Å². The van der Waals surface area contributed by atoms with Crippen LogP contribution in [0.3, 0.4) is 0 Å². The van der Waals surface area contributed by atoms with Gasteiger partial charge in [-0.2, -0.15) is 0 Å². The summed E-state index contributed by atoms with van der Waals surface area (Å²) in [5.41, 5.74) is 1.22. The maximum Gasteiger partial charge on any atom is 0.0488 e. The van der Waals surface area contributed by atoms with Crippen LogP contribution in [0.4, 0.5) is 0 Å². The average Bonchev–Trinajstić information content (AvgIpc) is 2.47. The van der Waals surface area contributed by atoms with E-state index in [0.717, 1.165) is 4.47 Å². The zero-order valence-corrected chi connectivity index (χ0v) is 11.8. The predicted octanol–water partition coefficient (Wildman–Crippen LogP) is 5.01. The zero-order chi connectivity index (χ0) is 9.42. The molecule has 0 fully saturated rings. The Morgan fingerprint density at radius 2 is 2.23 bits per heavy atom. The molecule has 0 saturated carbocycles. The first kappa shape index (κ1) is 10.2. The molecule has 0 radical (unpaired) electrons. The van der Waals surface area contributed by atoms with Crippen LogP contribution in [-0.4, -0.2) is 0 Å². The fourth-order valence-corrected chi connectivity index (χ4v) is 4.38. The molecule has 1 aromatic carbocycles. The van der Waals surface area contributed by atoms with E-state index in [0.29, 0.717) is 5.88 Å². The van der Waals surface area contributed by atoms with E-state index in [9.17, 15) is 0 Å². The molecule has 0 unspecified atom stereocenters. The summed E-state index contributed by atoms with van der Waals surface area (Å²) >= 11 is 13.4. The Balaban J connectivity index is 2.82. The topological polar surface area (TPSA) is 0 Å². The fourth-order valence-electron chi connectivity index (χ4n) is 1.22. The minimum Gasteiger partial charge on any atom is -0.142 e. The number of hydrogen-bond acceptors (Lipinski definition) is 1. The highest BCUT2D eigenvalue weighted by Crippen LogP contribution is 2.33. The molecule has 2 aromatic rings. The van der Waals surface area contributed by atoms with Gasteiger partial charge in [0.2, 0.25) is 0 Å². The second kappa shape index (κ2) is 4.04. The highest BCUT2D eigenvalue weighted by molar-refractivity contribution is 14.1. The lowest BCUT2D eigenvalue weighted by Crippen LogP contribution is -1.76. The Kier molecular flexibility index (Phi) is 3.18. The van der Waals surface area contributed by atoms with Gasteiger partial charge in [-0.05, 0) is 51.1 Å². The van der Waals surface area contributed by atoms with Gasteiger partial charge in [0.05, 0.1) is 0 Å². The van der Waals surface area contributed by atoms with E-state index in [-0.39, 0.29) is 0 Å². The summed E-state index contributed by atoms with van der Waals surface area (Å²) in [6, 6.07) is 4.25. The van der Waals surface area contributed by atoms with Gasteiger partial charge in [-0.3, -0.25) is 0 Å². The van der Waals surface area contributed by atoms with E-state index < -0.39 is 0 Å². The fraction of sp³-hybridized carbons (Fsp3) is 0.111. The third kappa shape index (κ3) is 1.89. The minimum absolute atomic E-state index is 0.590. The van der Waals surface area contributed by atoms with E-state index in [1.807, 2.05) is 0 Å². The normalized spacial score (nSPS) is 11.0. The first-order valence-corrected chi connectivity index (χ1v) is 6.92. The first-order chi connectivity index (χ1) is 6.22. The number of thiophene rings is 1. The molecule has 13 heavy (non-hydrogen) atoms. The summed E-state index contributed by atoms with van der Waals surface area (Å²) in [5, 5.41) is 3.41. The Labute approximate surface area is 108 Å². The molecule has 0 spiro atoms. The Morgan fingerprint density at radius 3 is 2.92 bits per heavy atom. The maximum atomic E-state index is 5.84. The predicted molar refractivity (Wildman–Crippen MR) is 71.8 cm³/mol. The third-order valence-electron chi connectivity index (χ3n) is 1.82. The molecule has 1 aromatic heterocycles. The van der Waals surface area contributed by atoms with Crippen LogP contribution in [0, 0.1) is 3.57 Å². The van der Waals surface area contributed by atoms with Gasteiger partial charge >= 0.3 is 0 Å². The van der Waals surface area contributed by atoms with Gasteiger partial charge in [0, 0.05) is 18.6 Å². The van der Waals surface area contributed by atoms with E-state index in [1.54, 1.807) is 11.3 Å². The summed E-state index contributed by atoms with van der Waals surface area (Å²) < 4.78 is 3.73. The third-order valence-corrected chi connectivity index (χ3v) is 4.86. The summed E-state index contributed by atoms with van der Waals surface area (Å²) in [5.74, 6) is 0.590. The lowest BCUT2D eigenvalue weighted by atomic mass is 10.2. The molecule has 0 N–H and O–H groups in total. The standard InChI is InChI=1S/C9H5BrClIS/c10-6-1-7-5(3-11)4-13-9(7)8(12)2-6/h1-2,4H,3H2. The summed E-state index contributed by atoms with van der Waals surface area (Å²) in [4.78, 5) is 0. The Bertz CT molecular complexity index is 452. The second-order valence-corrected chi connectivity index (χ2v) is 5.88. The SMILES string of the molecule is ClCc1csc2c(I)cc(Br)cc12. The molecule has 0 saturated heterocycles. The van der Waals surface area contributed by atoms with Crippen LogP contribution in [0.15, 0.2) is 22.0 Å².